The first-order valence-corrected chi connectivity index (χ1v) is 4.58. The van der Waals surface area contributed by atoms with E-state index in [0.29, 0.717) is 13.1 Å². The highest BCUT2D eigenvalue weighted by Gasteiger charge is 2.16. The Kier molecular flexibility index (Phi) is 7.59. The highest BCUT2D eigenvalue weighted by atomic mass is 16.5. The topological polar surface area (TPSA) is 87.1 Å². The second-order valence-corrected chi connectivity index (χ2v) is 2.77. The van der Waals surface area contributed by atoms with E-state index in [1.54, 1.807) is 0 Å². The highest BCUT2D eigenvalue weighted by Crippen LogP contribution is 1.98. The fraction of sp³-hybridized carbons (Fsp3) is 0.875. The number of nitrogens with zero attached hydrogens (tertiary/aromatic N) is 3. The van der Waals surface area contributed by atoms with Crippen LogP contribution >= 0.6 is 0 Å². The molecule has 1 N–H and O–H groups in total. The molecule has 0 aliphatic carbocycles. The lowest BCUT2D eigenvalue weighted by molar-refractivity contribution is -0.143. The van der Waals surface area contributed by atoms with Crippen molar-refractivity contribution in [3.8, 4) is 0 Å². The van der Waals surface area contributed by atoms with Gasteiger partial charge in [-0.3, -0.25) is 4.79 Å². The first-order chi connectivity index (χ1) is 6.76. The molecule has 0 aromatic heterocycles. The van der Waals surface area contributed by atoms with Gasteiger partial charge < -0.3 is 10.1 Å². The van der Waals surface area contributed by atoms with Gasteiger partial charge in [0.05, 0.1) is 7.11 Å². The molecule has 0 aliphatic rings. The predicted octanol–water partition coefficient (Wildman–Crippen LogP) is 1.23. The number of hydrogen-bond acceptors (Lipinski definition) is 4. The number of hydrogen-bond donors (Lipinski definition) is 1. The summed E-state index contributed by atoms with van der Waals surface area (Å²) in [4.78, 5) is 13.8. The SMILES string of the molecule is CCCC(NCCN=[N+]=[N-])C(=O)OC. The first-order valence-electron chi connectivity index (χ1n) is 4.58. The summed E-state index contributed by atoms with van der Waals surface area (Å²) in [5, 5.41) is 6.32. The summed E-state index contributed by atoms with van der Waals surface area (Å²) in [6, 6.07) is -0.293. The second kappa shape index (κ2) is 8.34. The van der Waals surface area contributed by atoms with Gasteiger partial charge in [-0.2, -0.15) is 0 Å². The molecule has 0 radical (unpaired) electrons. The number of esters is 1. The Morgan fingerprint density at radius 2 is 2.43 bits per heavy atom. The summed E-state index contributed by atoms with van der Waals surface area (Å²) < 4.78 is 4.62. The summed E-state index contributed by atoms with van der Waals surface area (Å²) in [6.45, 7) is 2.82. The molecular formula is C8H16N4O2. The smallest absolute Gasteiger partial charge is 0.322 e. The van der Waals surface area contributed by atoms with Crippen LogP contribution in [0.1, 0.15) is 19.8 Å². The molecule has 0 aromatic carbocycles. The van der Waals surface area contributed by atoms with Crippen molar-refractivity contribution in [2.24, 2.45) is 5.11 Å². The molecule has 0 aliphatic heterocycles. The van der Waals surface area contributed by atoms with Crippen LogP contribution in [0.15, 0.2) is 5.11 Å². The van der Waals surface area contributed by atoms with Gasteiger partial charge in [0.25, 0.3) is 0 Å². The van der Waals surface area contributed by atoms with Crippen LogP contribution in [-0.2, 0) is 9.53 Å². The molecule has 1 unspecified atom stereocenters. The van der Waals surface area contributed by atoms with E-state index >= 15 is 0 Å². The molecule has 0 saturated heterocycles. The predicted molar refractivity (Wildman–Crippen MR) is 52.7 cm³/mol. The minimum Gasteiger partial charge on any atom is -0.468 e. The number of methoxy groups -OCH3 is 1. The molecule has 1 atom stereocenters. The zero-order valence-corrected chi connectivity index (χ0v) is 8.56. The average Bonchev–Trinajstić information content (AvgIpc) is 2.21. The maximum absolute atomic E-state index is 11.2. The van der Waals surface area contributed by atoms with Crippen molar-refractivity contribution in [1.82, 2.24) is 5.32 Å². The van der Waals surface area contributed by atoms with Crippen LogP contribution < -0.4 is 5.32 Å². The molecule has 6 heteroatoms. The van der Waals surface area contributed by atoms with Gasteiger partial charge in [0, 0.05) is 18.0 Å². The quantitative estimate of drug-likeness (QED) is 0.220. The summed E-state index contributed by atoms with van der Waals surface area (Å²) in [6.07, 6.45) is 1.62. The van der Waals surface area contributed by atoms with E-state index < -0.39 is 0 Å². The summed E-state index contributed by atoms with van der Waals surface area (Å²) in [7, 11) is 1.36. The molecule has 14 heavy (non-hydrogen) atoms. The van der Waals surface area contributed by atoms with Crippen molar-refractivity contribution in [3.63, 3.8) is 0 Å². The molecule has 0 rings (SSSR count). The first kappa shape index (κ1) is 12.7. The van der Waals surface area contributed by atoms with E-state index in [0.717, 1.165) is 12.8 Å². The molecule has 0 fully saturated rings. The third kappa shape index (κ3) is 5.40. The number of nitrogens with one attached hydrogen (secondary N) is 1. The Bertz CT molecular complexity index is 213. The third-order valence-corrected chi connectivity index (χ3v) is 1.73. The lowest BCUT2D eigenvalue weighted by Gasteiger charge is -2.14. The molecule has 0 spiro atoms. The average molecular weight is 200 g/mol. The molecule has 0 saturated carbocycles. The Hall–Kier alpha value is -1.26. The van der Waals surface area contributed by atoms with Crippen molar-refractivity contribution in [3.05, 3.63) is 10.4 Å². The number of ether oxygens (including phenoxy) is 1. The van der Waals surface area contributed by atoms with Crippen LogP contribution in [0.2, 0.25) is 0 Å². The van der Waals surface area contributed by atoms with E-state index in [4.69, 9.17) is 5.53 Å². The van der Waals surface area contributed by atoms with Gasteiger partial charge in [-0.15, -0.1) is 0 Å². The highest BCUT2D eigenvalue weighted by molar-refractivity contribution is 5.75. The van der Waals surface area contributed by atoms with Gasteiger partial charge in [-0.1, -0.05) is 18.5 Å². The monoisotopic (exact) mass is 200 g/mol. The minimum atomic E-state index is -0.293. The zero-order chi connectivity index (χ0) is 10.8. The molecule has 6 nitrogen and oxygen atoms in total. The maximum atomic E-state index is 11.2. The van der Waals surface area contributed by atoms with Crippen molar-refractivity contribution in [2.75, 3.05) is 20.2 Å². The standard InChI is InChI=1S/C8H16N4O2/c1-3-4-7(8(13)14-2)10-5-6-11-12-9/h7,10H,3-6H2,1-2H3. The Labute approximate surface area is 83.3 Å². The van der Waals surface area contributed by atoms with E-state index in [1.807, 2.05) is 6.92 Å². The van der Waals surface area contributed by atoms with E-state index in [9.17, 15) is 4.79 Å². The normalized spacial score (nSPS) is 11.6. The second-order valence-electron chi connectivity index (χ2n) is 2.77. The van der Waals surface area contributed by atoms with Gasteiger partial charge in [0.15, 0.2) is 0 Å². The Morgan fingerprint density at radius 3 is 2.93 bits per heavy atom. The van der Waals surface area contributed by atoms with Crippen molar-refractivity contribution in [2.45, 2.75) is 25.8 Å². The molecule has 80 valence electrons. The zero-order valence-electron chi connectivity index (χ0n) is 8.56. The Balaban J connectivity index is 3.83. The Morgan fingerprint density at radius 1 is 1.71 bits per heavy atom. The van der Waals surface area contributed by atoms with E-state index in [2.05, 4.69) is 20.1 Å². The van der Waals surface area contributed by atoms with Crippen LogP contribution in [0, 0.1) is 0 Å². The third-order valence-electron chi connectivity index (χ3n) is 1.73. The van der Waals surface area contributed by atoms with E-state index in [-0.39, 0.29) is 12.0 Å². The van der Waals surface area contributed by atoms with Gasteiger partial charge in [0.1, 0.15) is 6.04 Å². The number of carbonyl (C=O) groups is 1. The van der Waals surface area contributed by atoms with Crippen LogP contribution in [0.3, 0.4) is 0 Å². The number of rotatable bonds is 7. The van der Waals surface area contributed by atoms with Crippen LogP contribution in [0.5, 0.6) is 0 Å². The fourth-order valence-corrected chi connectivity index (χ4v) is 1.07. The van der Waals surface area contributed by atoms with Gasteiger partial charge in [0.2, 0.25) is 0 Å². The van der Waals surface area contributed by atoms with Crippen LogP contribution in [-0.4, -0.2) is 32.2 Å². The minimum absolute atomic E-state index is 0.271. The largest absolute Gasteiger partial charge is 0.468 e. The van der Waals surface area contributed by atoms with Crippen LogP contribution in [0.25, 0.3) is 10.4 Å². The lowest BCUT2D eigenvalue weighted by atomic mass is 10.2. The summed E-state index contributed by atoms with van der Waals surface area (Å²) in [5.74, 6) is -0.271. The van der Waals surface area contributed by atoms with Crippen molar-refractivity contribution in [1.29, 1.82) is 0 Å². The summed E-state index contributed by atoms with van der Waals surface area (Å²) >= 11 is 0. The van der Waals surface area contributed by atoms with E-state index in [1.165, 1.54) is 7.11 Å². The maximum Gasteiger partial charge on any atom is 0.322 e. The number of azide groups is 1. The lowest BCUT2D eigenvalue weighted by Crippen LogP contribution is -2.38. The molecule has 0 heterocycles. The molecule has 0 bridgehead atoms. The molecule has 0 aromatic rings. The van der Waals surface area contributed by atoms with Crippen molar-refractivity contribution < 1.29 is 9.53 Å². The van der Waals surface area contributed by atoms with Crippen LogP contribution in [0.4, 0.5) is 0 Å². The fourth-order valence-electron chi connectivity index (χ4n) is 1.07. The molecule has 0 amide bonds. The van der Waals surface area contributed by atoms with Gasteiger partial charge in [-0.05, 0) is 12.0 Å². The van der Waals surface area contributed by atoms with Crippen molar-refractivity contribution >= 4 is 5.97 Å². The van der Waals surface area contributed by atoms with Gasteiger partial charge in [-0.25, -0.2) is 0 Å². The van der Waals surface area contributed by atoms with Gasteiger partial charge >= 0.3 is 5.97 Å². The number of carbonyl (C=O) groups excluding carboxylic acids is 1. The summed E-state index contributed by atoms with van der Waals surface area (Å²) in [5.41, 5.74) is 8.03. The molecular weight excluding hydrogens is 184 g/mol.